The quantitative estimate of drug-likeness (QED) is 0.500. The second-order valence-electron chi connectivity index (χ2n) is 7.15. The predicted molar refractivity (Wildman–Crippen MR) is 109 cm³/mol. The molecule has 0 bridgehead atoms. The van der Waals surface area contributed by atoms with Crippen LogP contribution in [0.15, 0.2) is 24.5 Å². The van der Waals surface area contributed by atoms with Crippen LogP contribution in [0, 0.1) is 10.1 Å². The highest BCUT2D eigenvalue weighted by Crippen LogP contribution is 2.40. The number of hydrogen-bond donors (Lipinski definition) is 2. The lowest BCUT2D eigenvalue weighted by molar-refractivity contribution is -0.382. The van der Waals surface area contributed by atoms with Crippen molar-refractivity contribution in [3.8, 4) is 0 Å². The maximum atomic E-state index is 11.6. The molecule has 150 valence electrons. The number of nitro groups is 1. The van der Waals surface area contributed by atoms with Gasteiger partial charge in [-0.2, -0.15) is 0 Å². The van der Waals surface area contributed by atoms with Crippen molar-refractivity contribution in [1.29, 1.82) is 0 Å². The lowest BCUT2D eigenvalue weighted by Gasteiger charge is -2.27. The minimum atomic E-state index is -0.407. The lowest BCUT2D eigenvalue weighted by atomic mass is 9.95. The standard InChI is InChI=1S/C19H19ClN6O3/c20-13-1-2-14-15(18(13)26(27)28)12-3-4-21-16(17(12)24-14)11-9-22-19(23-10-11)25-5-7-29-8-6-25/h1-2,9-10,16,21,24H,3-8H2. The summed E-state index contributed by atoms with van der Waals surface area (Å²) in [4.78, 5) is 25.7. The number of aromatic nitrogens is 3. The van der Waals surface area contributed by atoms with E-state index in [0.29, 0.717) is 43.0 Å². The van der Waals surface area contributed by atoms with E-state index < -0.39 is 4.92 Å². The molecule has 1 aromatic carbocycles. The number of fused-ring (bicyclic) bond motifs is 3. The zero-order valence-corrected chi connectivity index (χ0v) is 16.3. The van der Waals surface area contributed by atoms with E-state index in [9.17, 15) is 10.1 Å². The van der Waals surface area contributed by atoms with Crippen LogP contribution in [0.25, 0.3) is 10.9 Å². The minimum absolute atomic E-state index is 0.0405. The molecule has 2 aliphatic rings. The number of ether oxygens (including phenoxy) is 1. The van der Waals surface area contributed by atoms with Crippen LogP contribution in [0.4, 0.5) is 11.6 Å². The monoisotopic (exact) mass is 414 g/mol. The molecule has 2 aliphatic heterocycles. The Morgan fingerprint density at radius 2 is 2.00 bits per heavy atom. The summed E-state index contributed by atoms with van der Waals surface area (Å²) in [6.07, 6.45) is 4.31. The van der Waals surface area contributed by atoms with Gasteiger partial charge in [-0.1, -0.05) is 11.6 Å². The van der Waals surface area contributed by atoms with Crippen molar-refractivity contribution >= 4 is 34.1 Å². The molecule has 5 rings (SSSR count). The van der Waals surface area contributed by atoms with E-state index in [1.807, 2.05) is 12.4 Å². The molecule has 1 fully saturated rings. The summed E-state index contributed by atoms with van der Waals surface area (Å²) in [6.45, 7) is 3.60. The Hall–Kier alpha value is -2.75. The third-order valence-electron chi connectivity index (χ3n) is 5.51. The fourth-order valence-corrected chi connectivity index (χ4v) is 4.38. The zero-order chi connectivity index (χ0) is 20.0. The topological polar surface area (TPSA) is 109 Å². The van der Waals surface area contributed by atoms with Crippen LogP contribution >= 0.6 is 11.6 Å². The Morgan fingerprint density at radius 3 is 2.72 bits per heavy atom. The number of nitrogens with one attached hydrogen (secondary N) is 2. The van der Waals surface area contributed by atoms with Crippen molar-refractivity contribution in [2.45, 2.75) is 12.5 Å². The average molecular weight is 415 g/mol. The first kappa shape index (κ1) is 18.3. The van der Waals surface area contributed by atoms with Crippen LogP contribution in [-0.2, 0) is 11.2 Å². The van der Waals surface area contributed by atoms with Crippen LogP contribution < -0.4 is 10.2 Å². The van der Waals surface area contributed by atoms with Gasteiger partial charge in [-0.3, -0.25) is 10.1 Å². The fourth-order valence-electron chi connectivity index (χ4n) is 4.15. The molecule has 29 heavy (non-hydrogen) atoms. The van der Waals surface area contributed by atoms with E-state index in [0.717, 1.165) is 29.9 Å². The smallest absolute Gasteiger partial charge is 0.297 e. The molecule has 2 aromatic heterocycles. The molecule has 0 saturated carbocycles. The molecule has 1 saturated heterocycles. The molecule has 9 nitrogen and oxygen atoms in total. The summed E-state index contributed by atoms with van der Waals surface area (Å²) in [5.41, 5.74) is 3.41. The van der Waals surface area contributed by atoms with Crippen LogP contribution in [0.2, 0.25) is 5.02 Å². The first-order valence-electron chi connectivity index (χ1n) is 9.49. The van der Waals surface area contributed by atoms with E-state index in [4.69, 9.17) is 16.3 Å². The number of rotatable bonds is 3. The maximum Gasteiger partial charge on any atom is 0.297 e. The lowest BCUT2D eigenvalue weighted by Crippen LogP contribution is -2.37. The molecule has 3 aromatic rings. The van der Waals surface area contributed by atoms with Gasteiger partial charge in [-0.05, 0) is 24.1 Å². The first-order chi connectivity index (χ1) is 14.1. The molecule has 0 aliphatic carbocycles. The van der Waals surface area contributed by atoms with Gasteiger partial charge in [-0.25, -0.2) is 9.97 Å². The van der Waals surface area contributed by atoms with Crippen molar-refractivity contribution in [1.82, 2.24) is 20.3 Å². The van der Waals surface area contributed by atoms with Gasteiger partial charge < -0.3 is 19.9 Å². The van der Waals surface area contributed by atoms with Gasteiger partial charge in [-0.15, -0.1) is 0 Å². The van der Waals surface area contributed by atoms with Crippen LogP contribution in [0.3, 0.4) is 0 Å². The van der Waals surface area contributed by atoms with Crippen molar-refractivity contribution in [2.24, 2.45) is 0 Å². The Bertz CT molecular complexity index is 1080. The molecule has 4 heterocycles. The van der Waals surface area contributed by atoms with Crippen LogP contribution in [-0.4, -0.2) is 52.7 Å². The minimum Gasteiger partial charge on any atom is -0.378 e. The fraction of sp³-hybridized carbons (Fsp3) is 0.368. The van der Waals surface area contributed by atoms with Crippen molar-refractivity contribution in [3.05, 3.63) is 56.5 Å². The largest absolute Gasteiger partial charge is 0.378 e. The summed E-state index contributed by atoms with van der Waals surface area (Å²) < 4.78 is 5.37. The SMILES string of the molecule is O=[N+]([O-])c1c(Cl)ccc2[nH]c3c(c12)CCNC3c1cnc(N2CCOCC2)nc1. The molecular weight excluding hydrogens is 396 g/mol. The van der Waals surface area contributed by atoms with E-state index >= 15 is 0 Å². The molecule has 0 radical (unpaired) electrons. The number of benzene rings is 1. The van der Waals surface area contributed by atoms with Gasteiger partial charge in [0.1, 0.15) is 5.02 Å². The average Bonchev–Trinajstić information content (AvgIpc) is 3.13. The molecule has 0 spiro atoms. The van der Waals surface area contributed by atoms with Gasteiger partial charge in [0, 0.05) is 43.3 Å². The van der Waals surface area contributed by atoms with Crippen LogP contribution in [0.1, 0.15) is 22.9 Å². The highest BCUT2D eigenvalue weighted by atomic mass is 35.5. The maximum absolute atomic E-state index is 11.6. The second-order valence-corrected chi connectivity index (χ2v) is 7.55. The van der Waals surface area contributed by atoms with E-state index in [1.54, 1.807) is 12.1 Å². The number of morpholine rings is 1. The molecule has 2 N–H and O–H groups in total. The number of anilines is 1. The number of nitro benzene ring substituents is 1. The van der Waals surface area contributed by atoms with Crippen molar-refractivity contribution < 1.29 is 9.66 Å². The van der Waals surface area contributed by atoms with Gasteiger partial charge in [0.05, 0.1) is 35.1 Å². The molecule has 0 amide bonds. The number of halogens is 1. The van der Waals surface area contributed by atoms with Gasteiger partial charge >= 0.3 is 0 Å². The predicted octanol–water partition coefficient (Wildman–Crippen LogP) is 2.59. The van der Waals surface area contributed by atoms with Gasteiger partial charge in [0.15, 0.2) is 0 Å². The Morgan fingerprint density at radius 1 is 1.24 bits per heavy atom. The van der Waals surface area contributed by atoms with Crippen molar-refractivity contribution in [3.63, 3.8) is 0 Å². The third kappa shape index (κ3) is 3.11. The zero-order valence-electron chi connectivity index (χ0n) is 15.5. The summed E-state index contributed by atoms with van der Waals surface area (Å²) in [5, 5.41) is 15.8. The Kier molecular flexibility index (Phi) is 4.57. The Balaban J connectivity index is 1.54. The molecular formula is C19H19ClN6O3. The second kappa shape index (κ2) is 7.25. The van der Waals surface area contributed by atoms with Crippen LogP contribution in [0.5, 0.6) is 0 Å². The summed E-state index contributed by atoms with van der Waals surface area (Å²) >= 11 is 6.14. The number of aromatic amines is 1. The summed E-state index contributed by atoms with van der Waals surface area (Å²) in [5.74, 6) is 0.687. The number of H-pyrrole nitrogens is 1. The normalized spacial score (nSPS) is 19.3. The van der Waals surface area contributed by atoms with Gasteiger partial charge in [0.2, 0.25) is 5.95 Å². The third-order valence-corrected chi connectivity index (χ3v) is 5.81. The van der Waals surface area contributed by atoms with E-state index in [1.165, 1.54) is 0 Å². The molecule has 1 atom stereocenters. The summed E-state index contributed by atoms with van der Waals surface area (Å²) in [7, 11) is 0. The first-order valence-corrected chi connectivity index (χ1v) is 9.86. The summed E-state index contributed by atoms with van der Waals surface area (Å²) in [6, 6.07) is 3.19. The van der Waals surface area contributed by atoms with E-state index in [-0.39, 0.29) is 16.8 Å². The molecule has 1 unspecified atom stereocenters. The Labute approximate surface area is 171 Å². The highest BCUT2D eigenvalue weighted by molar-refractivity contribution is 6.34. The number of nitrogens with zero attached hydrogens (tertiary/aromatic N) is 4. The van der Waals surface area contributed by atoms with Crippen molar-refractivity contribution in [2.75, 3.05) is 37.7 Å². The number of hydrogen-bond acceptors (Lipinski definition) is 7. The van der Waals surface area contributed by atoms with E-state index in [2.05, 4.69) is 25.2 Å². The highest BCUT2D eigenvalue weighted by Gasteiger charge is 2.30. The van der Waals surface area contributed by atoms with Gasteiger partial charge in [0.25, 0.3) is 5.69 Å². The molecule has 10 heteroatoms.